The van der Waals surface area contributed by atoms with Crippen LogP contribution in [0.3, 0.4) is 0 Å². The number of nitrogens with zero attached hydrogens (tertiary/aromatic N) is 1. The highest BCUT2D eigenvalue weighted by molar-refractivity contribution is 6.39. The summed E-state index contributed by atoms with van der Waals surface area (Å²) in [6.45, 7) is 11.0. The summed E-state index contributed by atoms with van der Waals surface area (Å²) in [5.41, 5.74) is 1.52. The molecule has 35 heavy (non-hydrogen) atoms. The molecular weight excluding hydrogens is 448 g/mol. The molecular formula is C27H30N2O6. The lowest BCUT2D eigenvalue weighted by Crippen LogP contribution is -2.54. The predicted molar refractivity (Wildman–Crippen MR) is 134 cm³/mol. The summed E-state index contributed by atoms with van der Waals surface area (Å²) in [5, 5.41) is 2.24. The van der Waals surface area contributed by atoms with Gasteiger partial charge in [-0.15, -0.1) is 6.58 Å². The summed E-state index contributed by atoms with van der Waals surface area (Å²) in [7, 11) is 0. The molecule has 184 valence electrons. The molecule has 0 bridgehead atoms. The van der Waals surface area contributed by atoms with Crippen molar-refractivity contribution in [3.8, 4) is 17.2 Å². The monoisotopic (exact) mass is 478 g/mol. The van der Waals surface area contributed by atoms with E-state index in [4.69, 9.17) is 14.2 Å². The van der Waals surface area contributed by atoms with Crippen LogP contribution in [0.1, 0.15) is 38.3 Å². The number of ether oxygens (including phenoxy) is 3. The van der Waals surface area contributed by atoms with Gasteiger partial charge in [0, 0.05) is 5.56 Å². The van der Waals surface area contributed by atoms with Crippen LogP contribution in [0.2, 0.25) is 0 Å². The smallest absolute Gasteiger partial charge is 0.335 e. The number of anilines is 1. The lowest BCUT2D eigenvalue weighted by Gasteiger charge is -2.26. The average Bonchev–Trinajstić information content (AvgIpc) is 2.83. The molecule has 1 aliphatic rings. The van der Waals surface area contributed by atoms with E-state index in [1.165, 1.54) is 6.08 Å². The van der Waals surface area contributed by atoms with E-state index in [-0.39, 0.29) is 5.57 Å². The molecule has 4 amide bonds. The molecule has 2 aromatic rings. The standard InChI is InChI=1S/C27H30N2O6/c1-5-9-19-15-18(17-23(34-8-4)24(19)35-14-6-2)16-22-25(30)28-27(32)29(26(22)31)20-10-12-21(13-11-20)33-7-3/h5,10-13,15-17H,1,6-9,14H2,2-4H3,(H,28,30,32)/b22-16+. The molecule has 1 aliphatic heterocycles. The third-order valence-corrected chi connectivity index (χ3v) is 5.09. The molecule has 0 aliphatic carbocycles. The molecule has 0 unspecified atom stereocenters. The highest BCUT2D eigenvalue weighted by Gasteiger charge is 2.37. The van der Waals surface area contributed by atoms with Crippen LogP contribution in [0.15, 0.2) is 54.6 Å². The molecule has 1 fully saturated rings. The number of hydrogen-bond donors (Lipinski definition) is 1. The second-order valence-corrected chi connectivity index (χ2v) is 7.67. The van der Waals surface area contributed by atoms with Crippen molar-refractivity contribution in [2.24, 2.45) is 0 Å². The molecule has 8 heteroatoms. The number of rotatable bonds is 11. The van der Waals surface area contributed by atoms with Crippen LogP contribution in [-0.2, 0) is 16.0 Å². The Hall–Kier alpha value is -4.07. The molecule has 0 spiro atoms. The van der Waals surface area contributed by atoms with Crippen LogP contribution < -0.4 is 24.4 Å². The van der Waals surface area contributed by atoms with E-state index in [2.05, 4.69) is 11.9 Å². The van der Waals surface area contributed by atoms with E-state index in [0.29, 0.717) is 54.7 Å². The van der Waals surface area contributed by atoms with Gasteiger partial charge in [-0.05, 0) is 74.7 Å². The first-order valence-corrected chi connectivity index (χ1v) is 11.6. The number of benzene rings is 2. The zero-order valence-corrected chi connectivity index (χ0v) is 20.3. The van der Waals surface area contributed by atoms with Crippen LogP contribution in [0, 0.1) is 0 Å². The van der Waals surface area contributed by atoms with Gasteiger partial charge >= 0.3 is 6.03 Å². The summed E-state index contributed by atoms with van der Waals surface area (Å²) < 4.78 is 17.1. The van der Waals surface area contributed by atoms with Crippen molar-refractivity contribution >= 4 is 29.6 Å². The molecule has 1 saturated heterocycles. The second-order valence-electron chi connectivity index (χ2n) is 7.67. The van der Waals surface area contributed by atoms with Gasteiger partial charge in [-0.1, -0.05) is 13.0 Å². The number of allylic oxidation sites excluding steroid dienone is 1. The van der Waals surface area contributed by atoms with Gasteiger partial charge in [-0.2, -0.15) is 0 Å². The Morgan fingerprint density at radius 3 is 2.31 bits per heavy atom. The number of nitrogens with one attached hydrogen (secondary N) is 1. The maximum atomic E-state index is 13.3. The lowest BCUT2D eigenvalue weighted by atomic mass is 10.0. The molecule has 1 heterocycles. The number of carbonyl (C=O) groups is 3. The minimum atomic E-state index is -0.813. The van der Waals surface area contributed by atoms with Crippen LogP contribution in [0.4, 0.5) is 10.5 Å². The lowest BCUT2D eigenvalue weighted by molar-refractivity contribution is -0.122. The fourth-order valence-corrected chi connectivity index (χ4v) is 3.62. The van der Waals surface area contributed by atoms with Crippen molar-refractivity contribution in [2.45, 2.75) is 33.6 Å². The Morgan fingerprint density at radius 1 is 0.971 bits per heavy atom. The molecule has 1 N–H and O–H groups in total. The van der Waals surface area contributed by atoms with Gasteiger partial charge in [0.1, 0.15) is 11.3 Å². The topological polar surface area (TPSA) is 94.2 Å². The van der Waals surface area contributed by atoms with E-state index >= 15 is 0 Å². The molecule has 2 aromatic carbocycles. The van der Waals surface area contributed by atoms with Gasteiger partial charge in [0.2, 0.25) is 0 Å². The van der Waals surface area contributed by atoms with Crippen molar-refractivity contribution in [3.63, 3.8) is 0 Å². The third-order valence-electron chi connectivity index (χ3n) is 5.09. The summed E-state index contributed by atoms with van der Waals surface area (Å²) >= 11 is 0. The maximum absolute atomic E-state index is 13.3. The molecule has 0 aromatic heterocycles. The van der Waals surface area contributed by atoms with Gasteiger partial charge in [0.05, 0.1) is 25.5 Å². The molecule has 0 radical (unpaired) electrons. The van der Waals surface area contributed by atoms with Crippen LogP contribution in [0.5, 0.6) is 17.2 Å². The number of hydrogen-bond acceptors (Lipinski definition) is 6. The van der Waals surface area contributed by atoms with E-state index in [0.717, 1.165) is 16.9 Å². The van der Waals surface area contributed by atoms with Crippen molar-refractivity contribution in [1.82, 2.24) is 5.32 Å². The fraction of sp³-hybridized carbons (Fsp3) is 0.296. The van der Waals surface area contributed by atoms with Gasteiger partial charge in [-0.25, -0.2) is 9.69 Å². The van der Waals surface area contributed by atoms with Gasteiger partial charge in [0.15, 0.2) is 11.5 Å². The zero-order valence-electron chi connectivity index (χ0n) is 20.3. The summed E-state index contributed by atoms with van der Waals surface area (Å²) in [6, 6.07) is 9.21. The zero-order chi connectivity index (χ0) is 25.4. The quantitative estimate of drug-likeness (QED) is 0.287. The minimum Gasteiger partial charge on any atom is -0.494 e. The minimum absolute atomic E-state index is 0.173. The van der Waals surface area contributed by atoms with Gasteiger partial charge in [-0.3, -0.25) is 14.9 Å². The van der Waals surface area contributed by atoms with Crippen molar-refractivity contribution < 1.29 is 28.6 Å². The number of imide groups is 2. The van der Waals surface area contributed by atoms with Crippen LogP contribution >= 0.6 is 0 Å². The summed E-state index contributed by atoms with van der Waals surface area (Å²) in [4.78, 5) is 39.3. The first kappa shape index (κ1) is 25.6. The number of carbonyl (C=O) groups excluding carboxylic acids is 3. The Kier molecular flexibility index (Phi) is 8.67. The SMILES string of the molecule is C=CCc1cc(/C=C2\C(=O)NC(=O)N(c3ccc(OCC)cc3)C2=O)cc(OCC)c1OCCC. The summed E-state index contributed by atoms with van der Waals surface area (Å²) in [5.74, 6) is 0.238. The van der Waals surface area contributed by atoms with Crippen molar-refractivity contribution in [2.75, 3.05) is 24.7 Å². The Morgan fingerprint density at radius 2 is 1.69 bits per heavy atom. The Bertz CT molecular complexity index is 1140. The second kappa shape index (κ2) is 11.9. The number of urea groups is 1. The highest BCUT2D eigenvalue weighted by atomic mass is 16.5. The Labute approximate surface area is 205 Å². The van der Waals surface area contributed by atoms with E-state index in [1.807, 2.05) is 26.8 Å². The third kappa shape index (κ3) is 5.90. The first-order valence-electron chi connectivity index (χ1n) is 11.6. The van der Waals surface area contributed by atoms with E-state index < -0.39 is 17.8 Å². The molecule has 8 nitrogen and oxygen atoms in total. The maximum Gasteiger partial charge on any atom is 0.335 e. The largest absolute Gasteiger partial charge is 0.494 e. The van der Waals surface area contributed by atoms with Crippen molar-refractivity contribution in [1.29, 1.82) is 0 Å². The van der Waals surface area contributed by atoms with E-state index in [9.17, 15) is 14.4 Å². The average molecular weight is 479 g/mol. The van der Waals surface area contributed by atoms with Crippen LogP contribution in [-0.4, -0.2) is 37.7 Å². The fourth-order valence-electron chi connectivity index (χ4n) is 3.62. The number of amides is 4. The van der Waals surface area contributed by atoms with Gasteiger partial charge in [0.25, 0.3) is 11.8 Å². The van der Waals surface area contributed by atoms with Crippen molar-refractivity contribution in [3.05, 3.63) is 65.8 Å². The Balaban J connectivity index is 2.02. The normalized spacial score (nSPS) is 14.7. The molecule has 0 saturated carbocycles. The number of barbiturate groups is 1. The molecule has 3 rings (SSSR count). The predicted octanol–water partition coefficient (Wildman–Crippen LogP) is 4.67. The highest BCUT2D eigenvalue weighted by Crippen LogP contribution is 2.35. The van der Waals surface area contributed by atoms with Gasteiger partial charge < -0.3 is 14.2 Å². The van der Waals surface area contributed by atoms with Crippen LogP contribution in [0.25, 0.3) is 6.08 Å². The molecule has 0 atom stereocenters. The first-order chi connectivity index (χ1) is 16.9. The summed E-state index contributed by atoms with van der Waals surface area (Å²) in [6.07, 6.45) is 4.53. The van der Waals surface area contributed by atoms with E-state index in [1.54, 1.807) is 36.4 Å².